The molecular weight excluding hydrogens is 244 g/mol. The molecule has 0 fully saturated rings. The Kier molecular flexibility index (Phi) is 3.38. The Morgan fingerprint density at radius 1 is 1.16 bits per heavy atom. The number of rotatable bonds is 3. The van der Waals surface area contributed by atoms with Gasteiger partial charge in [-0.05, 0) is 26.0 Å². The molecule has 1 aromatic carbocycles. The van der Waals surface area contributed by atoms with E-state index in [2.05, 4.69) is 0 Å². The first-order valence-corrected chi connectivity index (χ1v) is 6.14. The molecule has 5 heteroatoms. The summed E-state index contributed by atoms with van der Waals surface area (Å²) in [5.41, 5.74) is 0.736. The molecule has 0 N–H and O–H groups in total. The van der Waals surface area contributed by atoms with Gasteiger partial charge in [0.05, 0.1) is 11.1 Å². The second-order valence-corrected chi connectivity index (χ2v) is 4.84. The fourth-order valence-electron chi connectivity index (χ4n) is 1.92. The summed E-state index contributed by atoms with van der Waals surface area (Å²) in [7, 11) is 1.66. The summed E-state index contributed by atoms with van der Waals surface area (Å²) in [5, 5.41) is 0. The Hall–Kier alpha value is -2.17. The molecule has 0 unspecified atom stereocenters. The molecule has 0 bridgehead atoms. The van der Waals surface area contributed by atoms with Gasteiger partial charge in [-0.1, -0.05) is 12.1 Å². The van der Waals surface area contributed by atoms with Gasteiger partial charge in [-0.15, -0.1) is 0 Å². The van der Waals surface area contributed by atoms with Gasteiger partial charge in [-0.25, -0.2) is 0 Å². The highest BCUT2D eigenvalue weighted by Gasteiger charge is 2.36. The van der Waals surface area contributed by atoms with Gasteiger partial charge in [0.2, 0.25) is 5.91 Å². The first kappa shape index (κ1) is 13.3. The zero-order valence-corrected chi connectivity index (χ0v) is 11.2. The van der Waals surface area contributed by atoms with Crippen molar-refractivity contribution in [3.63, 3.8) is 0 Å². The van der Waals surface area contributed by atoms with Gasteiger partial charge >= 0.3 is 0 Å². The van der Waals surface area contributed by atoms with E-state index in [0.29, 0.717) is 11.1 Å². The number of fused-ring (bicyclic) bond motifs is 1. The van der Waals surface area contributed by atoms with Gasteiger partial charge in [0.25, 0.3) is 11.8 Å². The molecule has 1 aliphatic rings. The number of nitrogens with zero attached hydrogens (tertiary/aromatic N) is 2. The van der Waals surface area contributed by atoms with E-state index in [-0.39, 0.29) is 18.5 Å². The Bertz CT molecular complexity index is 516. The van der Waals surface area contributed by atoms with Crippen LogP contribution in [0.1, 0.15) is 34.6 Å². The summed E-state index contributed by atoms with van der Waals surface area (Å²) >= 11 is 0. The molecule has 0 saturated heterocycles. The first-order valence-electron chi connectivity index (χ1n) is 6.14. The maximum Gasteiger partial charge on any atom is 0.262 e. The molecule has 1 aliphatic heterocycles. The monoisotopic (exact) mass is 260 g/mol. The van der Waals surface area contributed by atoms with E-state index < -0.39 is 11.8 Å². The van der Waals surface area contributed by atoms with Gasteiger partial charge in [0.1, 0.15) is 6.54 Å². The van der Waals surface area contributed by atoms with Gasteiger partial charge in [-0.3, -0.25) is 19.3 Å². The van der Waals surface area contributed by atoms with Crippen LogP contribution in [0.2, 0.25) is 0 Å². The zero-order chi connectivity index (χ0) is 14.2. The number of benzene rings is 1. The second-order valence-electron chi connectivity index (χ2n) is 4.84. The Morgan fingerprint density at radius 3 is 2.05 bits per heavy atom. The van der Waals surface area contributed by atoms with Crippen LogP contribution in [0.25, 0.3) is 0 Å². The number of carbonyl (C=O) groups is 3. The van der Waals surface area contributed by atoms with E-state index in [9.17, 15) is 14.4 Å². The SMILES string of the molecule is CC(C)N(C)C(=O)CN1C(=O)c2ccccc2C1=O. The number of imide groups is 1. The Balaban J connectivity index is 2.19. The Labute approximate surface area is 111 Å². The van der Waals surface area contributed by atoms with Gasteiger partial charge in [0.15, 0.2) is 0 Å². The average Bonchev–Trinajstić information content (AvgIpc) is 2.63. The minimum atomic E-state index is -0.397. The summed E-state index contributed by atoms with van der Waals surface area (Å²) < 4.78 is 0. The molecule has 19 heavy (non-hydrogen) atoms. The van der Waals surface area contributed by atoms with Crippen LogP contribution in [0.4, 0.5) is 0 Å². The molecule has 2 rings (SSSR count). The van der Waals surface area contributed by atoms with Crippen molar-refractivity contribution in [3.05, 3.63) is 35.4 Å². The summed E-state index contributed by atoms with van der Waals surface area (Å²) in [6, 6.07) is 6.64. The smallest absolute Gasteiger partial charge is 0.262 e. The molecule has 0 radical (unpaired) electrons. The predicted molar refractivity (Wildman–Crippen MR) is 69.7 cm³/mol. The molecule has 0 aliphatic carbocycles. The normalized spacial score (nSPS) is 14.0. The summed E-state index contributed by atoms with van der Waals surface area (Å²) in [6.45, 7) is 3.54. The van der Waals surface area contributed by atoms with Crippen molar-refractivity contribution in [1.29, 1.82) is 0 Å². The molecular formula is C14H16N2O3. The zero-order valence-electron chi connectivity index (χ0n) is 11.2. The highest BCUT2D eigenvalue weighted by molar-refractivity contribution is 6.22. The van der Waals surface area contributed by atoms with Gasteiger partial charge in [-0.2, -0.15) is 0 Å². The largest absolute Gasteiger partial charge is 0.342 e. The van der Waals surface area contributed by atoms with Crippen LogP contribution >= 0.6 is 0 Å². The maximum absolute atomic E-state index is 12.1. The fraction of sp³-hybridized carbons (Fsp3) is 0.357. The lowest BCUT2D eigenvalue weighted by Crippen LogP contribution is -2.43. The van der Waals surface area contributed by atoms with Gasteiger partial charge < -0.3 is 4.90 Å². The molecule has 1 aromatic rings. The molecule has 0 aromatic heterocycles. The first-order chi connectivity index (χ1) is 8.93. The molecule has 0 atom stereocenters. The molecule has 5 nitrogen and oxygen atoms in total. The maximum atomic E-state index is 12.1. The molecule has 100 valence electrons. The second kappa shape index (κ2) is 4.84. The third kappa shape index (κ3) is 2.23. The predicted octanol–water partition coefficient (Wildman–Crippen LogP) is 1.15. The van der Waals surface area contributed by atoms with Crippen molar-refractivity contribution in [1.82, 2.24) is 9.80 Å². The van der Waals surface area contributed by atoms with Crippen LogP contribution in [0.3, 0.4) is 0 Å². The number of likely N-dealkylation sites (N-methyl/N-ethyl adjacent to an activating group) is 1. The van der Waals surface area contributed by atoms with E-state index in [1.165, 1.54) is 4.90 Å². The van der Waals surface area contributed by atoms with E-state index in [4.69, 9.17) is 0 Å². The van der Waals surface area contributed by atoms with Crippen molar-refractivity contribution in [2.45, 2.75) is 19.9 Å². The van der Waals surface area contributed by atoms with Crippen molar-refractivity contribution in [3.8, 4) is 0 Å². The molecule has 0 saturated carbocycles. The highest BCUT2D eigenvalue weighted by atomic mass is 16.2. The summed E-state index contributed by atoms with van der Waals surface area (Å²) in [5.74, 6) is -1.04. The van der Waals surface area contributed by atoms with Crippen LogP contribution < -0.4 is 0 Å². The lowest BCUT2D eigenvalue weighted by atomic mass is 10.1. The third-order valence-electron chi connectivity index (χ3n) is 3.34. The standard InChI is InChI=1S/C14H16N2O3/c1-9(2)15(3)12(17)8-16-13(18)10-6-4-5-7-11(10)14(16)19/h4-7,9H,8H2,1-3H3. The van der Waals surface area contributed by atoms with Crippen molar-refractivity contribution in [2.75, 3.05) is 13.6 Å². The van der Waals surface area contributed by atoms with Crippen LogP contribution in [0.15, 0.2) is 24.3 Å². The van der Waals surface area contributed by atoms with Crippen LogP contribution in [-0.4, -0.2) is 47.2 Å². The van der Waals surface area contributed by atoms with E-state index in [0.717, 1.165) is 4.90 Å². The van der Waals surface area contributed by atoms with Crippen LogP contribution in [0, 0.1) is 0 Å². The van der Waals surface area contributed by atoms with E-state index in [1.54, 1.807) is 31.3 Å². The summed E-state index contributed by atoms with van der Waals surface area (Å²) in [6.07, 6.45) is 0. The van der Waals surface area contributed by atoms with Crippen LogP contribution in [-0.2, 0) is 4.79 Å². The lowest BCUT2D eigenvalue weighted by Gasteiger charge is -2.23. The quantitative estimate of drug-likeness (QED) is 0.766. The average molecular weight is 260 g/mol. The topological polar surface area (TPSA) is 57.7 Å². The fourth-order valence-corrected chi connectivity index (χ4v) is 1.92. The lowest BCUT2D eigenvalue weighted by molar-refractivity contribution is -0.131. The number of carbonyl (C=O) groups excluding carboxylic acids is 3. The summed E-state index contributed by atoms with van der Waals surface area (Å²) in [4.78, 5) is 38.6. The number of hydrogen-bond acceptors (Lipinski definition) is 3. The molecule has 1 heterocycles. The van der Waals surface area contributed by atoms with E-state index >= 15 is 0 Å². The Morgan fingerprint density at radius 2 is 1.63 bits per heavy atom. The van der Waals surface area contributed by atoms with Gasteiger partial charge in [0, 0.05) is 13.1 Å². The minimum Gasteiger partial charge on any atom is -0.342 e. The number of hydrogen-bond donors (Lipinski definition) is 0. The van der Waals surface area contributed by atoms with Crippen molar-refractivity contribution in [2.24, 2.45) is 0 Å². The minimum absolute atomic E-state index is 0.0303. The van der Waals surface area contributed by atoms with Crippen LogP contribution in [0.5, 0.6) is 0 Å². The highest BCUT2D eigenvalue weighted by Crippen LogP contribution is 2.22. The molecule has 3 amide bonds. The number of amides is 3. The third-order valence-corrected chi connectivity index (χ3v) is 3.34. The van der Waals surface area contributed by atoms with Crippen molar-refractivity contribution >= 4 is 17.7 Å². The molecule has 0 spiro atoms. The van der Waals surface area contributed by atoms with Crippen molar-refractivity contribution < 1.29 is 14.4 Å². The van der Waals surface area contributed by atoms with E-state index in [1.807, 2.05) is 13.8 Å².